The third-order valence-electron chi connectivity index (χ3n) is 4.17. The van der Waals surface area contributed by atoms with Crippen LogP contribution in [-0.4, -0.2) is 52.4 Å². The van der Waals surface area contributed by atoms with E-state index in [0.29, 0.717) is 16.8 Å². The van der Waals surface area contributed by atoms with E-state index < -0.39 is 0 Å². The van der Waals surface area contributed by atoms with Crippen LogP contribution in [0.25, 0.3) is 0 Å². The van der Waals surface area contributed by atoms with Gasteiger partial charge in [-0.1, -0.05) is 11.6 Å². The molecule has 0 spiro atoms. The van der Waals surface area contributed by atoms with Gasteiger partial charge in [0.15, 0.2) is 0 Å². The van der Waals surface area contributed by atoms with E-state index >= 15 is 0 Å². The topological polar surface area (TPSA) is 36.4 Å². The largest absolute Gasteiger partial charge is 0.333 e. The van der Waals surface area contributed by atoms with Crippen molar-refractivity contribution >= 4 is 17.5 Å². The summed E-state index contributed by atoms with van der Waals surface area (Å²) in [6, 6.07) is 4.23. The molecule has 2 unspecified atom stereocenters. The molecule has 102 valence electrons. The van der Waals surface area contributed by atoms with Crippen molar-refractivity contribution in [2.45, 2.75) is 31.8 Å². The van der Waals surface area contributed by atoms with Gasteiger partial charge in [-0.15, -0.1) is 0 Å². The Balaban J connectivity index is 1.77. The van der Waals surface area contributed by atoms with Crippen LogP contribution in [0.1, 0.15) is 30.1 Å². The van der Waals surface area contributed by atoms with Gasteiger partial charge in [-0.05, 0) is 38.4 Å². The van der Waals surface area contributed by atoms with Crippen LogP contribution in [0.3, 0.4) is 0 Å². The van der Waals surface area contributed by atoms with Crippen LogP contribution in [0.15, 0.2) is 18.3 Å². The van der Waals surface area contributed by atoms with E-state index in [1.807, 2.05) is 4.90 Å². The quantitative estimate of drug-likeness (QED) is 0.738. The second kappa shape index (κ2) is 5.10. The van der Waals surface area contributed by atoms with Crippen LogP contribution in [-0.2, 0) is 0 Å². The molecule has 2 aliphatic heterocycles. The van der Waals surface area contributed by atoms with Crippen molar-refractivity contribution in [2.24, 2.45) is 0 Å². The number of nitrogens with zero attached hydrogens (tertiary/aromatic N) is 3. The molecule has 2 saturated heterocycles. The normalized spacial score (nSPS) is 27.4. The third kappa shape index (κ3) is 2.47. The minimum absolute atomic E-state index is 0.0724. The van der Waals surface area contributed by atoms with Gasteiger partial charge < -0.3 is 4.90 Å². The summed E-state index contributed by atoms with van der Waals surface area (Å²) in [7, 11) is 0. The fraction of sp³-hybridized carbons (Fsp3) is 0.571. The van der Waals surface area contributed by atoms with Gasteiger partial charge in [0, 0.05) is 31.4 Å². The lowest BCUT2D eigenvalue weighted by molar-refractivity contribution is 0.0395. The Hall–Kier alpha value is -1.13. The summed E-state index contributed by atoms with van der Waals surface area (Å²) >= 11 is 5.76. The van der Waals surface area contributed by atoms with Crippen molar-refractivity contribution < 1.29 is 4.79 Å². The maximum absolute atomic E-state index is 12.5. The van der Waals surface area contributed by atoms with Crippen molar-refractivity contribution in [3.05, 3.63) is 29.0 Å². The molecule has 2 atom stereocenters. The number of aromatic nitrogens is 1. The summed E-state index contributed by atoms with van der Waals surface area (Å²) in [4.78, 5) is 21.0. The average molecular weight is 280 g/mol. The predicted molar refractivity (Wildman–Crippen MR) is 74.3 cm³/mol. The molecule has 0 N–H and O–H groups in total. The first-order valence-electron chi connectivity index (χ1n) is 6.82. The Morgan fingerprint density at radius 2 is 2.26 bits per heavy atom. The highest BCUT2D eigenvalue weighted by Gasteiger charge is 2.36. The van der Waals surface area contributed by atoms with E-state index in [4.69, 9.17) is 11.6 Å². The molecule has 19 heavy (non-hydrogen) atoms. The molecule has 0 aromatic carbocycles. The number of piperazine rings is 1. The van der Waals surface area contributed by atoms with E-state index in [1.54, 1.807) is 18.3 Å². The zero-order chi connectivity index (χ0) is 13.4. The summed E-state index contributed by atoms with van der Waals surface area (Å²) in [5, 5.41) is 0.421. The second-order valence-electron chi connectivity index (χ2n) is 5.47. The smallest absolute Gasteiger partial charge is 0.255 e. The van der Waals surface area contributed by atoms with Crippen LogP contribution >= 0.6 is 11.6 Å². The Bertz CT molecular complexity index is 476. The number of pyridine rings is 1. The number of halogens is 1. The van der Waals surface area contributed by atoms with Crippen molar-refractivity contribution in [2.75, 3.05) is 19.6 Å². The molecule has 0 bridgehead atoms. The summed E-state index contributed by atoms with van der Waals surface area (Å²) in [6.07, 6.45) is 4.02. The molecule has 4 nitrogen and oxygen atoms in total. The fourth-order valence-electron chi connectivity index (χ4n) is 3.14. The first kappa shape index (κ1) is 12.9. The van der Waals surface area contributed by atoms with Gasteiger partial charge in [-0.3, -0.25) is 9.69 Å². The molecule has 1 aromatic rings. The highest BCUT2D eigenvalue weighted by molar-refractivity contribution is 6.29. The number of carbonyl (C=O) groups is 1. The number of fused-ring (bicyclic) bond motifs is 1. The lowest BCUT2D eigenvalue weighted by Gasteiger charge is -2.42. The lowest BCUT2D eigenvalue weighted by atomic mass is 10.1. The van der Waals surface area contributed by atoms with Crippen molar-refractivity contribution in [3.63, 3.8) is 0 Å². The molecular formula is C14H18ClN3O. The Labute approximate surface area is 118 Å². The second-order valence-corrected chi connectivity index (χ2v) is 5.85. The Morgan fingerprint density at radius 1 is 1.42 bits per heavy atom. The van der Waals surface area contributed by atoms with Crippen molar-refractivity contribution in [1.29, 1.82) is 0 Å². The summed E-state index contributed by atoms with van der Waals surface area (Å²) in [5.74, 6) is 0.0724. The van der Waals surface area contributed by atoms with Crippen LogP contribution in [0, 0.1) is 0 Å². The van der Waals surface area contributed by atoms with Crippen LogP contribution < -0.4 is 0 Å². The van der Waals surface area contributed by atoms with Crippen LogP contribution in [0.5, 0.6) is 0 Å². The monoisotopic (exact) mass is 279 g/mol. The van der Waals surface area contributed by atoms with E-state index in [2.05, 4.69) is 16.8 Å². The number of amides is 1. The van der Waals surface area contributed by atoms with E-state index in [0.717, 1.165) is 13.1 Å². The summed E-state index contributed by atoms with van der Waals surface area (Å²) < 4.78 is 0. The Morgan fingerprint density at radius 3 is 3.00 bits per heavy atom. The number of hydrogen-bond donors (Lipinski definition) is 0. The molecule has 0 aliphatic carbocycles. The summed E-state index contributed by atoms with van der Waals surface area (Å²) in [6.45, 7) is 5.12. The molecule has 1 amide bonds. The SMILES string of the molecule is CC1CN2CCCC2CN1C(=O)c1ccc(Cl)nc1. The highest BCUT2D eigenvalue weighted by atomic mass is 35.5. The lowest BCUT2D eigenvalue weighted by Crippen LogP contribution is -2.56. The molecule has 0 radical (unpaired) electrons. The van der Waals surface area contributed by atoms with Gasteiger partial charge in [0.05, 0.1) is 5.56 Å². The number of carbonyl (C=O) groups excluding carboxylic acids is 1. The first-order valence-corrected chi connectivity index (χ1v) is 7.19. The van der Waals surface area contributed by atoms with E-state index in [-0.39, 0.29) is 11.9 Å². The average Bonchev–Trinajstić information content (AvgIpc) is 2.85. The van der Waals surface area contributed by atoms with E-state index in [9.17, 15) is 4.79 Å². The Kier molecular flexibility index (Phi) is 3.46. The molecule has 2 fully saturated rings. The summed E-state index contributed by atoms with van der Waals surface area (Å²) in [5.41, 5.74) is 0.627. The minimum atomic E-state index is 0.0724. The van der Waals surface area contributed by atoms with E-state index in [1.165, 1.54) is 19.4 Å². The van der Waals surface area contributed by atoms with Crippen LogP contribution in [0.2, 0.25) is 5.15 Å². The molecule has 3 rings (SSSR count). The van der Waals surface area contributed by atoms with Gasteiger partial charge in [-0.2, -0.15) is 0 Å². The molecular weight excluding hydrogens is 262 g/mol. The molecule has 5 heteroatoms. The van der Waals surface area contributed by atoms with Gasteiger partial charge >= 0.3 is 0 Å². The predicted octanol–water partition coefficient (Wildman–Crippen LogP) is 2.04. The number of hydrogen-bond acceptors (Lipinski definition) is 3. The minimum Gasteiger partial charge on any atom is -0.333 e. The highest BCUT2D eigenvalue weighted by Crippen LogP contribution is 2.25. The van der Waals surface area contributed by atoms with Gasteiger partial charge in [-0.25, -0.2) is 4.98 Å². The third-order valence-corrected chi connectivity index (χ3v) is 4.40. The zero-order valence-electron chi connectivity index (χ0n) is 11.1. The van der Waals surface area contributed by atoms with Gasteiger partial charge in [0.1, 0.15) is 5.15 Å². The molecule has 0 saturated carbocycles. The maximum atomic E-state index is 12.5. The van der Waals surface area contributed by atoms with Gasteiger partial charge in [0.25, 0.3) is 5.91 Å². The van der Waals surface area contributed by atoms with Crippen molar-refractivity contribution in [1.82, 2.24) is 14.8 Å². The maximum Gasteiger partial charge on any atom is 0.255 e. The number of rotatable bonds is 1. The standard InChI is InChI=1S/C14H18ClN3O/c1-10-8-17-6-2-3-12(17)9-18(10)14(19)11-4-5-13(15)16-7-11/h4-5,7,10,12H,2-3,6,8-9H2,1H3. The zero-order valence-corrected chi connectivity index (χ0v) is 11.8. The van der Waals surface area contributed by atoms with Crippen LogP contribution in [0.4, 0.5) is 0 Å². The fourth-order valence-corrected chi connectivity index (χ4v) is 3.25. The first-order chi connectivity index (χ1) is 9.15. The molecule has 1 aromatic heterocycles. The van der Waals surface area contributed by atoms with Gasteiger partial charge in [0.2, 0.25) is 0 Å². The molecule has 3 heterocycles. The van der Waals surface area contributed by atoms with Crippen molar-refractivity contribution in [3.8, 4) is 0 Å². The molecule has 2 aliphatic rings.